The average molecular weight is 377 g/mol. The third-order valence-electron chi connectivity index (χ3n) is 4.78. The minimum Gasteiger partial charge on any atom is -0.396 e. The van der Waals surface area contributed by atoms with E-state index in [-0.39, 0.29) is 6.10 Å². The molecule has 0 aliphatic carbocycles. The third kappa shape index (κ3) is 26.1. The Morgan fingerprint density at radius 3 is 1.65 bits per heavy atom. The molecule has 3 N–H and O–H groups in total. The number of unbranched alkanes of at least 4 members (excludes halogenated alkanes) is 2. The second-order valence-corrected chi connectivity index (χ2v) is 8.33. The van der Waals surface area contributed by atoms with E-state index in [1.807, 2.05) is 20.8 Å². The molecule has 0 aromatic carbocycles. The zero-order chi connectivity index (χ0) is 21.0. The molecule has 0 heterocycles. The van der Waals surface area contributed by atoms with E-state index in [0.29, 0.717) is 18.4 Å². The molecule has 3 heteroatoms. The number of aliphatic hydroxyl groups is 3. The van der Waals surface area contributed by atoms with E-state index in [4.69, 9.17) is 10.2 Å². The Balaban J connectivity index is -0.000000315. The molecule has 0 rings (SSSR count). The first-order valence-electron chi connectivity index (χ1n) is 11.1. The number of aliphatic hydroxyl groups excluding tert-OH is 2. The maximum Gasteiger partial charge on any atom is 0.0619 e. The minimum atomic E-state index is -0.399. The third-order valence-corrected chi connectivity index (χ3v) is 4.78. The van der Waals surface area contributed by atoms with Crippen LogP contribution in [0.3, 0.4) is 0 Å². The van der Waals surface area contributed by atoms with Crippen molar-refractivity contribution in [3.8, 4) is 0 Å². The van der Waals surface area contributed by atoms with Gasteiger partial charge in [0, 0.05) is 6.61 Å². The Kier molecular flexibility index (Phi) is 24.9. The zero-order valence-corrected chi connectivity index (χ0v) is 19.4. The second-order valence-electron chi connectivity index (χ2n) is 8.33. The Labute approximate surface area is 165 Å². The Bertz CT molecular complexity index is 252. The molecule has 0 saturated heterocycles. The average Bonchev–Trinajstić information content (AvgIpc) is 2.56. The first-order valence-corrected chi connectivity index (χ1v) is 11.1. The summed E-state index contributed by atoms with van der Waals surface area (Å²) in [4.78, 5) is 0. The van der Waals surface area contributed by atoms with Crippen LogP contribution < -0.4 is 0 Å². The van der Waals surface area contributed by atoms with Crippen molar-refractivity contribution in [2.75, 3.05) is 6.61 Å². The fourth-order valence-electron chi connectivity index (χ4n) is 2.47. The monoisotopic (exact) mass is 376 g/mol. The first-order chi connectivity index (χ1) is 12.1. The zero-order valence-electron chi connectivity index (χ0n) is 19.4. The molecule has 3 unspecified atom stereocenters. The van der Waals surface area contributed by atoms with Gasteiger partial charge in [-0.3, -0.25) is 0 Å². The molecule has 3 nitrogen and oxygen atoms in total. The molecule has 0 amide bonds. The van der Waals surface area contributed by atoms with Crippen molar-refractivity contribution < 1.29 is 15.3 Å². The molecule has 3 atom stereocenters. The van der Waals surface area contributed by atoms with Crippen LogP contribution in [0.4, 0.5) is 0 Å². The predicted octanol–water partition coefficient (Wildman–Crippen LogP) is 6.34. The highest BCUT2D eigenvalue weighted by molar-refractivity contribution is 4.70. The van der Waals surface area contributed by atoms with Gasteiger partial charge in [0.1, 0.15) is 0 Å². The van der Waals surface area contributed by atoms with Gasteiger partial charge in [0.2, 0.25) is 0 Å². The van der Waals surface area contributed by atoms with Gasteiger partial charge in [-0.15, -0.1) is 0 Å². The van der Waals surface area contributed by atoms with Crippen LogP contribution in [0.5, 0.6) is 0 Å². The fourth-order valence-corrected chi connectivity index (χ4v) is 2.47. The van der Waals surface area contributed by atoms with Gasteiger partial charge in [0.25, 0.3) is 0 Å². The lowest BCUT2D eigenvalue weighted by Gasteiger charge is -2.22. The van der Waals surface area contributed by atoms with Crippen LogP contribution in [-0.4, -0.2) is 33.6 Å². The predicted molar refractivity (Wildman–Crippen MR) is 117 cm³/mol. The minimum absolute atomic E-state index is 0.0833. The molecule has 0 saturated carbocycles. The SMILES string of the molecule is CCC(C)CCO.CCCC(O)C(C)C.CCCCCC(C)(O)CCC. The van der Waals surface area contributed by atoms with Crippen LogP contribution >= 0.6 is 0 Å². The number of hydrogen-bond donors (Lipinski definition) is 3. The van der Waals surface area contributed by atoms with Gasteiger partial charge >= 0.3 is 0 Å². The molecule has 0 aliphatic heterocycles. The summed E-state index contributed by atoms with van der Waals surface area (Å²) in [7, 11) is 0. The van der Waals surface area contributed by atoms with Crippen molar-refractivity contribution in [2.45, 2.75) is 131 Å². The van der Waals surface area contributed by atoms with Crippen LogP contribution in [0.1, 0.15) is 120 Å². The highest BCUT2D eigenvalue weighted by Gasteiger charge is 2.17. The van der Waals surface area contributed by atoms with Crippen LogP contribution in [0.25, 0.3) is 0 Å². The smallest absolute Gasteiger partial charge is 0.0619 e. The molecule has 0 aliphatic rings. The number of hydrogen-bond acceptors (Lipinski definition) is 3. The summed E-state index contributed by atoms with van der Waals surface area (Å²) in [5.41, 5.74) is -0.399. The summed E-state index contributed by atoms with van der Waals surface area (Å²) < 4.78 is 0. The highest BCUT2D eigenvalue weighted by Crippen LogP contribution is 2.19. The van der Waals surface area contributed by atoms with Gasteiger partial charge in [-0.2, -0.15) is 0 Å². The second kappa shape index (κ2) is 21.2. The van der Waals surface area contributed by atoms with Gasteiger partial charge in [0.15, 0.2) is 0 Å². The van der Waals surface area contributed by atoms with Crippen molar-refractivity contribution in [1.82, 2.24) is 0 Å². The topological polar surface area (TPSA) is 60.7 Å². The van der Waals surface area contributed by atoms with E-state index < -0.39 is 5.60 Å². The van der Waals surface area contributed by atoms with Gasteiger partial charge in [0.05, 0.1) is 11.7 Å². The summed E-state index contributed by atoms with van der Waals surface area (Å²) in [6.07, 6.45) is 10.7. The molecule has 26 heavy (non-hydrogen) atoms. The van der Waals surface area contributed by atoms with E-state index in [1.54, 1.807) is 0 Å². The van der Waals surface area contributed by atoms with Gasteiger partial charge in [-0.25, -0.2) is 0 Å². The first kappa shape index (κ1) is 30.6. The summed E-state index contributed by atoms with van der Waals surface area (Å²) in [6, 6.07) is 0. The van der Waals surface area contributed by atoms with E-state index in [0.717, 1.165) is 38.5 Å². The van der Waals surface area contributed by atoms with E-state index in [2.05, 4.69) is 34.6 Å². The molecular weight excluding hydrogens is 324 g/mol. The summed E-state index contributed by atoms with van der Waals surface area (Å²) >= 11 is 0. The Morgan fingerprint density at radius 2 is 1.38 bits per heavy atom. The maximum absolute atomic E-state index is 9.74. The lowest BCUT2D eigenvalue weighted by atomic mass is 9.94. The molecular formula is C23H52O3. The van der Waals surface area contributed by atoms with Gasteiger partial charge in [-0.05, 0) is 44.4 Å². The Hall–Kier alpha value is -0.120. The summed E-state index contributed by atoms with van der Waals surface area (Å²) in [5.74, 6) is 1.12. The summed E-state index contributed by atoms with van der Waals surface area (Å²) in [6.45, 7) is 17.1. The van der Waals surface area contributed by atoms with Crippen molar-refractivity contribution in [3.63, 3.8) is 0 Å². The van der Waals surface area contributed by atoms with Crippen molar-refractivity contribution in [3.05, 3.63) is 0 Å². The number of rotatable bonds is 12. The summed E-state index contributed by atoms with van der Waals surface area (Å²) in [5, 5.41) is 27.2. The molecule has 0 spiro atoms. The molecule has 0 aromatic rings. The molecule has 0 radical (unpaired) electrons. The highest BCUT2D eigenvalue weighted by atomic mass is 16.3. The van der Waals surface area contributed by atoms with Crippen LogP contribution in [0.2, 0.25) is 0 Å². The van der Waals surface area contributed by atoms with Gasteiger partial charge < -0.3 is 15.3 Å². The van der Waals surface area contributed by atoms with Crippen molar-refractivity contribution in [2.24, 2.45) is 11.8 Å². The normalized spacial score (nSPS) is 15.2. The quantitative estimate of drug-likeness (QED) is 0.348. The molecule has 0 bridgehead atoms. The lowest BCUT2D eigenvalue weighted by molar-refractivity contribution is 0.0387. The van der Waals surface area contributed by atoms with Gasteiger partial charge in [-0.1, -0.05) is 87.0 Å². The Morgan fingerprint density at radius 1 is 0.808 bits per heavy atom. The molecule has 0 fully saturated rings. The van der Waals surface area contributed by atoms with Crippen molar-refractivity contribution >= 4 is 0 Å². The molecule has 0 aromatic heterocycles. The maximum atomic E-state index is 9.74. The van der Waals surface area contributed by atoms with Crippen LogP contribution in [0.15, 0.2) is 0 Å². The largest absolute Gasteiger partial charge is 0.396 e. The standard InChI is InChI=1S/C10H22O.C7H16O.C6H14O/c1-4-6-7-9-10(3,11)8-5-2;1-4-5-7(8)6(2)3;1-3-6(2)4-5-7/h11H,4-9H2,1-3H3;6-8H,4-5H2,1-3H3;6-7H,3-5H2,1-2H3. The van der Waals surface area contributed by atoms with Crippen molar-refractivity contribution in [1.29, 1.82) is 0 Å². The van der Waals surface area contributed by atoms with Crippen LogP contribution in [0, 0.1) is 11.8 Å². The van der Waals surface area contributed by atoms with E-state index in [1.165, 1.54) is 25.7 Å². The lowest BCUT2D eigenvalue weighted by Crippen LogP contribution is -2.23. The van der Waals surface area contributed by atoms with E-state index in [9.17, 15) is 5.11 Å². The molecule has 162 valence electrons. The van der Waals surface area contributed by atoms with Crippen LogP contribution in [-0.2, 0) is 0 Å². The fraction of sp³-hybridized carbons (Fsp3) is 1.00. The van der Waals surface area contributed by atoms with E-state index >= 15 is 0 Å².